The molecule has 1 aromatic rings. The van der Waals surface area contributed by atoms with Gasteiger partial charge in [-0.1, -0.05) is 0 Å². The number of rotatable bonds is 6. The first-order chi connectivity index (χ1) is 16.8. The van der Waals surface area contributed by atoms with Gasteiger partial charge in [0.2, 0.25) is 5.91 Å². The van der Waals surface area contributed by atoms with Crippen molar-refractivity contribution >= 4 is 23.9 Å². The van der Waals surface area contributed by atoms with Crippen molar-refractivity contribution in [3.63, 3.8) is 0 Å². The molecule has 2 aliphatic heterocycles. The van der Waals surface area contributed by atoms with Gasteiger partial charge in [0.25, 0.3) is 0 Å². The molecule has 10 nitrogen and oxygen atoms in total. The Morgan fingerprint density at radius 3 is 2.19 bits per heavy atom. The highest BCUT2D eigenvalue weighted by Crippen LogP contribution is 2.32. The summed E-state index contributed by atoms with van der Waals surface area (Å²) in [5, 5.41) is 15.6. The molecule has 2 saturated heterocycles. The minimum absolute atomic E-state index is 0.0245. The number of carbonyl (C=O) groups is 4. The largest absolute Gasteiger partial charge is 0.478 e. The number of halogens is 3. The lowest BCUT2D eigenvalue weighted by Gasteiger charge is -2.27. The highest BCUT2D eigenvalue weighted by atomic mass is 19.2. The zero-order valence-electron chi connectivity index (χ0n) is 19.9. The summed E-state index contributed by atoms with van der Waals surface area (Å²) in [5.41, 5.74) is 5.93. The summed E-state index contributed by atoms with van der Waals surface area (Å²) in [7, 11) is 3.38. The number of urea groups is 1. The number of amides is 3. The molecule has 0 bridgehead atoms. The molecule has 0 radical (unpaired) electrons. The van der Waals surface area contributed by atoms with E-state index in [1.165, 1.54) is 4.90 Å². The van der Waals surface area contributed by atoms with E-state index in [9.17, 15) is 32.3 Å². The van der Waals surface area contributed by atoms with Gasteiger partial charge in [0.1, 0.15) is 5.82 Å². The van der Waals surface area contributed by atoms with Crippen LogP contribution in [0.25, 0.3) is 0 Å². The van der Waals surface area contributed by atoms with E-state index in [1.807, 2.05) is 0 Å². The molecule has 3 rings (SSSR count). The molecular formula is C23H29F3N4O6. The van der Waals surface area contributed by atoms with Gasteiger partial charge < -0.3 is 30.6 Å². The van der Waals surface area contributed by atoms with Crippen molar-refractivity contribution in [1.29, 1.82) is 0 Å². The number of carboxylic acid groups (broad SMARTS) is 2. The fraction of sp³-hybridized carbons (Fsp3) is 0.478. The summed E-state index contributed by atoms with van der Waals surface area (Å²) in [4.78, 5) is 49.0. The van der Waals surface area contributed by atoms with Crippen molar-refractivity contribution in [2.45, 2.75) is 31.3 Å². The number of hydrogen-bond acceptors (Lipinski definition) is 5. The van der Waals surface area contributed by atoms with E-state index in [0.29, 0.717) is 37.9 Å². The van der Waals surface area contributed by atoms with Crippen LogP contribution in [0, 0.1) is 23.4 Å². The number of carbonyl (C=O) groups excluding carboxylic acids is 2. The van der Waals surface area contributed by atoms with Crippen molar-refractivity contribution in [3.8, 4) is 0 Å². The molecular weight excluding hydrogens is 485 g/mol. The molecule has 13 heteroatoms. The van der Waals surface area contributed by atoms with E-state index in [0.717, 1.165) is 12.5 Å². The number of likely N-dealkylation sites (tertiary alicyclic amines) is 2. The van der Waals surface area contributed by atoms with Crippen molar-refractivity contribution < 1.29 is 42.6 Å². The Morgan fingerprint density at radius 1 is 1.06 bits per heavy atom. The molecule has 0 aromatic heterocycles. The van der Waals surface area contributed by atoms with Gasteiger partial charge in [0, 0.05) is 70.3 Å². The predicted octanol–water partition coefficient (Wildman–Crippen LogP) is 1.29. The molecule has 3 atom stereocenters. The first-order valence-corrected chi connectivity index (χ1v) is 11.1. The third-order valence-electron chi connectivity index (χ3n) is 5.90. The van der Waals surface area contributed by atoms with Crippen LogP contribution in [0.15, 0.2) is 24.3 Å². The molecule has 4 N–H and O–H groups in total. The third kappa shape index (κ3) is 7.70. The standard InChI is InChI=1S/C19H25F3N4O2.C4H4O4/c1-24(2)19(28)25-9-11-3-4-26(17(11)10-25)18(27)7-13(23)5-12-6-15(21)16(22)8-14(12)20;5-3(6)1-2-4(7)8/h6,8,11,13,17H,3-5,7,9-10,23H2,1-2H3;1-2H,(H,5,6)(H,7,8)/t11-,13+,17+;/m0./s1. The lowest BCUT2D eigenvalue weighted by atomic mass is 10.0. The van der Waals surface area contributed by atoms with Crippen molar-refractivity contribution in [2.75, 3.05) is 33.7 Å². The second-order valence-electron chi connectivity index (χ2n) is 8.82. The van der Waals surface area contributed by atoms with Crippen LogP contribution >= 0.6 is 0 Å². The van der Waals surface area contributed by atoms with Gasteiger partial charge in [-0.15, -0.1) is 0 Å². The van der Waals surface area contributed by atoms with E-state index < -0.39 is 35.4 Å². The zero-order valence-corrected chi connectivity index (χ0v) is 19.9. The normalized spacial score (nSPS) is 19.5. The summed E-state index contributed by atoms with van der Waals surface area (Å²) in [5.74, 6) is -5.72. The maximum Gasteiger partial charge on any atom is 0.328 e. The summed E-state index contributed by atoms with van der Waals surface area (Å²) in [6, 6.07) is 0.435. The van der Waals surface area contributed by atoms with Crippen molar-refractivity contribution in [1.82, 2.24) is 14.7 Å². The molecule has 0 saturated carbocycles. The Bertz CT molecular complexity index is 1020. The Labute approximate surface area is 205 Å². The van der Waals surface area contributed by atoms with Gasteiger partial charge in [0.15, 0.2) is 11.6 Å². The molecule has 2 heterocycles. The van der Waals surface area contributed by atoms with E-state index >= 15 is 0 Å². The molecule has 2 fully saturated rings. The van der Waals surface area contributed by atoms with E-state index in [-0.39, 0.29) is 42.3 Å². The molecule has 3 amide bonds. The second kappa shape index (κ2) is 12.4. The van der Waals surface area contributed by atoms with E-state index in [2.05, 4.69) is 0 Å². The van der Waals surface area contributed by atoms with Crippen LogP contribution in [0.5, 0.6) is 0 Å². The van der Waals surface area contributed by atoms with Gasteiger partial charge in [-0.3, -0.25) is 4.79 Å². The fourth-order valence-electron chi connectivity index (χ4n) is 4.27. The Morgan fingerprint density at radius 2 is 1.64 bits per heavy atom. The van der Waals surface area contributed by atoms with Crippen LogP contribution in [0.4, 0.5) is 18.0 Å². The lowest BCUT2D eigenvalue weighted by molar-refractivity contribution is -0.134. The van der Waals surface area contributed by atoms with Crippen molar-refractivity contribution in [2.24, 2.45) is 11.7 Å². The van der Waals surface area contributed by atoms with Crippen LogP contribution in [-0.4, -0.2) is 94.6 Å². The molecule has 36 heavy (non-hydrogen) atoms. The fourth-order valence-corrected chi connectivity index (χ4v) is 4.27. The van der Waals surface area contributed by atoms with Gasteiger partial charge in [-0.25, -0.2) is 27.6 Å². The Hall–Kier alpha value is -3.61. The van der Waals surface area contributed by atoms with Crippen LogP contribution in [0.1, 0.15) is 18.4 Å². The molecule has 0 unspecified atom stereocenters. The maximum atomic E-state index is 13.8. The number of hydrogen-bond donors (Lipinski definition) is 3. The average Bonchev–Trinajstić information content (AvgIpc) is 3.36. The third-order valence-corrected chi connectivity index (χ3v) is 5.90. The summed E-state index contributed by atoms with van der Waals surface area (Å²) < 4.78 is 40.2. The lowest BCUT2D eigenvalue weighted by Crippen LogP contribution is -2.44. The van der Waals surface area contributed by atoms with Gasteiger partial charge in [-0.05, 0) is 24.5 Å². The number of benzene rings is 1. The molecule has 2 aliphatic rings. The predicted molar refractivity (Wildman–Crippen MR) is 121 cm³/mol. The van der Waals surface area contributed by atoms with Crippen LogP contribution in [0.2, 0.25) is 0 Å². The smallest absolute Gasteiger partial charge is 0.328 e. The van der Waals surface area contributed by atoms with Gasteiger partial charge >= 0.3 is 18.0 Å². The summed E-state index contributed by atoms with van der Waals surface area (Å²) in [6.45, 7) is 1.71. The van der Waals surface area contributed by atoms with Gasteiger partial charge in [-0.2, -0.15) is 0 Å². The molecule has 0 aliphatic carbocycles. The Kier molecular flexibility index (Phi) is 9.84. The molecule has 0 spiro atoms. The quantitative estimate of drug-likeness (QED) is 0.383. The zero-order chi connectivity index (χ0) is 27.2. The van der Waals surface area contributed by atoms with Crippen LogP contribution in [-0.2, 0) is 20.8 Å². The van der Waals surface area contributed by atoms with Gasteiger partial charge in [0.05, 0.1) is 6.04 Å². The monoisotopic (exact) mass is 514 g/mol. The van der Waals surface area contributed by atoms with Crippen LogP contribution in [0.3, 0.4) is 0 Å². The number of aliphatic carboxylic acids is 2. The maximum absolute atomic E-state index is 13.8. The van der Waals surface area contributed by atoms with E-state index in [1.54, 1.807) is 23.9 Å². The number of nitrogens with two attached hydrogens (primary N) is 1. The summed E-state index contributed by atoms with van der Waals surface area (Å²) in [6.07, 6.45) is 1.84. The average molecular weight is 515 g/mol. The topological polar surface area (TPSA) is 144 Å². The summed E-state index contributed by atoms with van der Waals surface area (Å²) >= 11 is 0. The second-order valence-corrected chi connectivity index (χ2v) is 8.82. The number of carboxylic acids is 2. The number of nitrogens with zero attached hydrogens (tertiary/aromatic N) is 3. The Balaban J connectivity index is 0.000000493. The van der Waals surface area contributed by atoms with Crippen LogP contribution < -0.4 is 5.73 Å². The highest BCUT2D eigenvalue weighted by molar-refractivity contribution is 5.89. The highest BCUT2D eigenvalue weighted by Gasteiger charge is 2.44. The first kappa shape index (κ1) is 28.6. The van der Waals surface area contributed by atoms with Crippen molar-refractivity contribution in [3.05, 3.63) is 47.3 Å². The van der Waals surface area contributed by atoms with E-state index in [4.69, 9.17) is 15.9 Å². The molecule has 198 valence electrons. The minimum atomic E-state index is -1.26. The molecule has 1 aromatic carbocycles. The minimum Gasteiger partial charge on any atom is -0.478 e. The number of fused-ring (bicyclic) bond motifs is 1. The first-order valence-electron chi connectivity index (χ1n) is 11.1. The SMILES string of the molecule is CN(C)C(=O)N1C[C@@H]2CCN(C(=O)C[C@H](N)Cc3cc(F)c(F)cc3F)[C@@H]2C1.O=C(O)C=CC(=O)O.